The lowest BCUT2D eigenvalue weighted by Crippen LogP contribution is -2.41. The Hall–Kier alpha value is -3.64. The number of hydrogen-bond acceptors (Lipinski definition) is 6. The van der Waals surface area contributed by atoms with Crippen molar-refractivity contribution in [2.75, 3.05) is 30.1 Å². The highest BCUT2D eigenvalue weighted by Gasteiger charge is 2.31. The van der Waals surface area contributed by atoms with Crippen molar-refractivity contribution in [1.29, 1.82) is 0 Å². The van der Waals surface area contributed by atoms with Gasteiger partial charge in [-0.3, -0.25) is 15.2 Å². The predicted octanol–water partition coefficient (Wildman–Crippen LogP) is 6.88. The molecule has 3 aromatic rings. The molecule has 4 rings (SSSR count). The van der Waals surface area contributed by atoms with Crippen molar-refractivity contribution in [1.82, 2.24) is 5.43 Å². The molecule has 1 aliphatic rings. The van der Waals surface area contributed by atoms with E-state index in [2.05, 4.69) is 31.0 Å². The summed E-state index contributed by atoms with van der Waals surface area (Å²) in [6.07, 6.45) is -1.81. The maximum atomic E-state index is 13.4. The van der Waals surface area contributed by atoms with Crippen molar-refractivity contribution in [3.05, 3.63) is 76.3 Å². The zero-order chi connectivity index (χ0) is 28.9. The van der Waals surface area contributed by atoms with Gasteiger partial charge in [-0.1, -0.05) is 28.1 Å². The molecule has 0 aromatic heterocycles. The van der Waals surface area contributed by atoms with Crippen molar-refractivity contribution in [3.8, 4) is 11.5 Å². The Labute approximate surface area is 249 Å². The van der Waals surface area contributed by atoms with Gasteiger partial charge in [-0.05, 0) is 73.4 Å². The maximum Gasteiger partial charge on any atom is 0.573 e. The van der Waals surface area contributed by atoms with Gasteiger partial charge in [0.05, 0.1) is 30.6 Å². The van der Waals surface area contributed by atoms with Crippen LogP contribution in [-0.4, -0.2) is 43.5 Å². The Morgan fingerprint density at radius 2 is 1.71 bits per heavy atom. The third kappa shape index (κ3) is 8.20. The van der Waals surface area contributed by atoms with Crippen LogP contribution < -0.4 is 24.8 Å². The summed E-state index contributed by atoms with van der Waals surface area (Å²) in [5.74, 6) is -1.91. The molecule has 220 valence electrons. The second-order valence-corrected chi connectivity index (χ2v) is 9.93. The Morgan fingerprint density at radius 3 is 2.32 bits per heavy atom. The van der Waals surface area contributed by atoms with E-state index in [1.54, 1.807) is 0 Å². The number of methoxy groups -OCH3 is 1. The Balaban J connectivity index is 0.00000462. The molecule has 0 saturated carbocycles. The van der Waals surface area contributed by atoms with E-state index in [-0.39, 0.29) is 35.9 Å². The topological polar surface area (TPSA) is 91.3 Å². The van der Waals surface area contributed by atoms with Crippen LogP contribution in [0.1, 0.15) is 35.2 Å². The summed E-state index contributed by atoms with van der Waals surface area (Å²) in [6.45, 7) is 1.67. The summed E-state index contributed by atoms with van der Waals surface area (Å²) >= 11 is 3.33. The molecule has 1 fully saturated rings. The van der Waals surface area contributed by atoms with Gasteiger partial charge in [0.2, 0.25) is 5.91 Å². The number of carboxylic acid groups (broad SMARTS) is 1. The largest absolute Gasteiger partial charge is 0.573 e. The Kier molecular flexibility index (Phi) is 10.7. The summed E-state index contributed by atoms with van der Waals surface area (Å²) in [5.41, 5.74) is 5.21. The average Bonchev–Trinajstić information content (AvgIpc) is 2.92. The van der Waals surface area contributed by atoms with Crippen LogP contribution in [0.15, 0.2) is 65.1 Å². The number of benzene rings is 3. The Bertz CT molecular complexity index is 1370. The van der Waals surface area contributed by atoms with Crippen LogP contribution in [0.5, 0.6) is 11.5 Å². The standard InChI is InChI=1S/C28H27BrF3N3O5.ClH/c1-39-25-15-18(22(29)17-21(25)27(37)38)16-26(36)33-35(19-9-11-20(12-10-19)40-28(30,31)32)24-8-4-3-7-23(24)34-13-5-2-6-14-34;/h3-4,7-12,15,17H,2,5-6,13-14,16H2,1H3,(H,33,36)(H,37,38);1H. The number of piperidine rings is 1. The van der Waals surface area contributed by atoms with Gasteiger partial charge in [-0.25, -0.2) is 4.79 Å². The highest BCUT2D eigenvalue weighted by molar-refractivity contribution is 9.10. The quantitative estimate of drug-likeness (QED) is 0.242. The molecule has 0 spiro atoms. The van der Waals surface area contributed by atoms with Crippen molar-refractivity contribution in [3.63, 3.8) is 0 Å². The highest BCUT2D eigenvalue weighted by Crippen LogP contribution is 2.36. The molecule has 1 aliphatic heterocycles. The van der Waals surface area contributed by atoms with Gasteiger partial charge in [0.1, 0.15) is 17.1 Å². The molecular formula is C28H28BrClF3N3O5. The molecule has 0 bridgehead atoms. The summed E-state index contributed by atoms with van der Waals surface area (Å²) < 4.78 is 47.8. The fraction of sp³-hybridized carbons (Fsp3) is 0.286. The highest BCUT2D eigenvalue weighted by atomic mass is 79.9. The van der Waals surface area contributed by atoms with E-state index in [1.807, 2.05) is 24.3 Å². The van der Waals surface area contributed by atoms with Crippen LogP contribution in [-0.2, 0) is 11.2 Å². The third-order valence-electron chi connectivity index (χ3n) is 6.33. The number of halogens is 5. The molecule has 2 N–H and O–H groups in total. The van der Waals surface area contributed by atoms with Gasteiger partial charge in [-0.2, -0.15) is 0 Å². The fourth-order valence-corrected chi connectivity index (χ4v) is 5.00. The first kappa shape index (κ1) is 31.9. The van der Waals surface area contributed by atoms with E-state index in [1.165, 1.54) is 48.5 Å². The minimum absolute atomic E-state index is 0. The summed E-state index contributed by atoms with van der Waals surface area (Å²) in [4.78, 5) is 27.1. The minimum Gasteiger partial charge on any atom is -0.496 e. The Morgan fingerprint density at radius 1 is 1.05 bits per heavy atom. The number of nitrogens with zero attached hydrogens (tertiary/aromatic N) is 2. The molecular weight excluding hydrogens is 631 g/mol. The number of hydrogen-bond donors (Lipinski definition) is 2. The van der Waals surface area contributed by atoms with Crippen LogP contribution in [0.4, 0.5) is 30.2 Å². The second kappa shape index (κ2) is 13.8. The number of aromatic carboxylic acids is 1. The number of anilines is 3. The number of ether oxygens (including phenoxy) is 2. The molecule has 41 heavy (non-hydrogen) atoms. The normalized spacial score (nSPS) is 13.1. The molecule has 1 saturated heterocycles. The number of para-hydroxylation sites is 2. The number of amides is 1. The smallest absolute Gasteiger partial charge is 0.496 e. The molecule has 13 heteroatoms. The number of nitrogens with one attached hydrogen (secondary N) is 1. The van der Waals surface area contributed by atoms with Gasteiger partial charge in [0.25, 0.3) is 0 Å². The van der Waals surface area contributed by atoms with Crippen LogP contribution >= 0.6 is 28.3 Å². The van der Waals surface area contributed by atoms with Gasteiger partial charge in [-0.15, -0.1) is 25.6 Å². The number of carbonyl (C=O) groups is 2. The predicted molar refractivity (Wildman–Crippen MR) is 155 cm³/mol. The lowest BCUT2D eigenvalue weighted by molar-refractivity contribution is -0.274. The van der Waals surface area contributed by atoms with E-state index < -0.39 is 18.2 Å². The SMILES string of the molecule is COc1cc(CC(=O)NN(c2ccc(OC(F)(F)F)cc2)c2ccccc2N2CCCCC2)c(Br)cc1C(=O)O.Cl. The second-order valence-electron chi connectivity index (χ2n) is 9.07. The lowest BCUT2D eigenvalue weighted by Gasteiger charge is -2.34. The van der Waals surface area contributed by atoms with Gasteiger partial charge >= 0.3 is 12.3 Å². The van der Waals surface area contributed by atoms with Gasteiger partial charge < -0.3 is 19.5 Å². The third-order valence-corrected chi connectivity index (χ3v) is 7.07. The van der Waals surface area contributed by atoms with E-state index in [4.69, 9.17) is 4.74 Å². The van der Waals surface area contributed by atoms with Crippen molar-refractivity contribution in [2.24, 2.45) is 0 Å². The molecule has 1 amide bonds. The van der Waals surface area contributed by atoms with E-state index in [9.17, 15) is 27.9 Å². The summed E-state index contributed by atoms with van der Waals surface area (Å²) in [7, 11) is 1.34. The van der Waals surface area contributed by atoms with E-state index in [0.717, 1.165) is 38.0 Å². The van der Waals surface area contributed by atoms with E-state index in [0.29, 0.717) is 21.4 Å². The average molecular weight is 659 g/mol. The zero-order valence-corrected chi connectivity index (χ0v) is 24.3. The molecule has 0 unspecified atom stereocenters. The molecule has 0 radical (unpaired) electrons. The molecule has 1 heterocycles. The summed E-state index contributed by atoms with van der Waals surface area (Å²) in [5, 5.41) is 10.9. The minimum atomic E-state index is -4.83. The fourth-order valence-electron chi connectivity index (χ4n) is 4.52. The monoisotopic (exact) mass is 657 g/mol. The molecule has 8 nitrogen and oxygen atoms in total. The zero-order valence-electron chi connectivity index (χ0n) is 21.9. The van der Waals surface area contributed by atoms with Crippen LogP contribution in [0.2, 0.25) is 0 Å². The van der Waals surface area contributed by atoms with Gasteiger partial charge in [0.15, 0.2) is 0 Å². The number of carbonyl (C=O) groups excluding carboxylic acids is 1. The van der Waals surface area contributed by atoms with Gasteiger partial charge in [0, 0.05) is 17.6 Å². The summed E-state index contributed by atoms with van der Waals surface area (Å²) in [6, 6.07) is 15.5. The molecule has 0 atom stereocenters. The van der Waals surface area contributed by atoms with Crippen LogP contribution in [0.25, 0.3) is 0 Å². The van der Waals surface area contributed by atoms with Crippen LogP contribution in [0, 0.1) is 0 Å². The number of rotatable bonds is 9. The number of alkyl halides is 3. The lowest BCUT2D eigenvalue weighted by atomic mass is 10.1. The van der Waals surface area contributed by atoms with Crippen molar-refractivity contribution in [2.45, 2.75) is 32.0 Å². The van der Waals surface area contributed by atoms with E-state index >= 15 is 0 Å². The first-order valence-electron chi connectivity index (χ1n) is 12.4. The first-order valence-corrected chi connectivity index (χ1v) is 13.2. The number of carboxylic acids is 1. The van der Waals surface area contributed by atoms with Crippen LogP contribution in [0.3, 0.4) is 0 Å². The number of hydrazine groups is 1. The van der Waals surface area contributed by atoms with Crippen molar-refractivity contribution >= 4 is 57.3 Å². The first-order chi connectivity index (χ1) is 19.1. The molecule has 0 aliphatic carbocycles. The maximum absolute atomic E-state index is 13.4. The van der Waals surface area contributed by atoms with Crippen molar-refractivity contribution < 1.29 is 37.3 Å². The molecule has 3 aromatic carbocycles.